The molecule has 0 saturated carbocycles. The Morgan fingerprint density at radius 1 is 1.32 bits per heavy atom. The first-order valence-electron chi connectivity index (χ1n) is 11.1. The van der Waals surface area contributed by atoms with Crippen LogP contribution < -0.4 is 10.9 Å². The summed E-state index contributed by atoms with van der Waals surface area (Å²) in [5.41, 5.74) is 1.87. The summed E-state index contributed by atoms with van der Waals surface area (Å²) in [7, 11) is 0. The van der Waals surface area contributed by atoms with Crippen LogP contribution >= 0.6 is 23.6 Å². The fourth-order valence-corrected chi connectivity index (χ4v) is 5.58. The zero-order valence-corrected chi connectivity index (χ0v) is 19.4. The van der Waals surface area contributed by atoms with E-state index in [-0.39, 0.29) is 11.5 Å². The van der Waals surface area contributed by atoms with Crippen molar-refractivity contribution in [1.29, 1.82) is 0 Å². The van der Waals surface area contributed by atoms with Crippen molar-refractivity contribution in [3.05, 3.63) is 50.0 Å². The number of aromatic nitrogens is 3. The highest BCUT2D eigenvalue weighted by molar-refractivity contribution is 7.71. The zero-order chi connectivity index (χ0) is 21.8. The Labute approximate surface area is 190 Å². The highest BCUT2D eigenvalue weighted by Crippen LogP contribution is 2.33. The van der Waals surface area contributed by atoms with Gasteiger partial charge in [0.1, 0.15) is 0 Å². The fourth-order valence-electron chi connectivity index (χ4n) is 4.16. The highest BCUT2D eigenvalue weighted by atomic mass is 32.1. The zero-order valence-electron chi connectivity index (χ0n) is 17.8. The second kappa shape index (κ2) is 9.87. The van der Waals surface area contributed by atoms with Gasteiger partial charge in [0.25, 0.3) is 5.56 Å². The summed E-state index contributed by atoms with van der Waals surface area (Å²) in [6.45, 7) is 2.79. The van der Waals surface area contributed by atoms with Crippen molar-refractivity contribution in [2.45, 2.75) is 64.8 Å². The summed E-state index contributed by atoms with van der Waals surface area (Å²) in [5.74, 6) is 0.762. The maximum atomic E-state index is 12.7. The quantitative estimate of drug-likeness (QED) is 0.359. The van der Waals surface area contributed by atoms with Crippen LogP contribution in [0.3, 0.4) is 0 Å². The summed E-state index contributed by atoms with van der Waals surface area (Å²) in [6.07, 6.45) is 7.41. The standard InChI is InChI=1S/C23H28N4O2S2/c1-2-15-11-12-18-19(14-15)31-22(24-18)26-20(28)10-4-3-7-13-27-21(29)16-8-5-6-9-17(16)25-23(27)30/h5-6,8-9,15H,2-4,7,10-14H2,1H3,(H,25,30)(H,24,26,28). The summed E-state index contributed by atoms with van der Waals surface area (Å²) < 4.78 is 2.06. The summed E-state index contributed by atoms with van der Waals surface area (Å²) in [5, 5.41) is 4.35. The van der Waals surface area contributed by atoms with Gasteiger partial charge in [-0.15, -0.1) is 11.3 Å². The van der Waals surface area contributed by atoms with Crippen molar-refractivity contribution >= 4 is 45.5 Å². The van der Waals surface area contributed by atoms with Gasteiger partial charge in [-0.25, -0.2) is 4.98 Å². The van der Waals surface area contributed by atoms with Gasteiger partial charge in [0, 0.05) is 17.8 Å². The topological polar surface area (TPSA) is 79.8 Å². The van der Waals surface area contributed by atoms with Crippen molar-refractivity contribution in [1.82, 2.24) is 14.5 Å². The Morgan fingerprint density at radius 2 is 2.16 bits per heavy atom. The van der Waals surface area contributed by atoms with E-state index in [0.717, 1.165) is 48.7 Å². The number of H-pyrrole nitrogens is 1. The Bertz CT molecular complexity index is 1190. The third kappa shape index (κ3) is 5.13. The minimum Gasteiger partial charge on any atom is -0.332 e. The van der Waals surface area contributed by atoms with E-state index in [4.69, 9.17) is 12.2 Å². The maximum Gasteiger partial charge on any atom is 0.262 e. The van der Waals surface area contributed by atoms with Gasteiger partial charge < -0.3 is 10.3 Å². The van der Waals surface area contributed by atoms with E-state index in [0.29, 0.717) is 23.1 Å². The number of unbranched alkanes of at least 4 members (excludes halogenated alkanes) is 2. The third-order valence-electron chi connectivity index (χ3n) is 6.04. The monoisotopic (exact) mass is 456 g/mol. The molecule has 0 radical (unpaired) electrons. The van der Waals surface area contributed by atoms with Gasteiger partial charge in [-0.05, 0) is 62.4 Å². The summed E-state index contributed by atoms with van der Waals surface area (Å²) >= 11 is 6.98. The number of fused-ring (bicyclic) bond motifs is 2. The van der Waals surface area contributed by atoms with Gasteiger partial charge in [-0.3, -0.25) is 14.2 Å². The second-order valence-electron chi connectivity index (χ2n) is 8.20. The number of aryl methyl sites for hydroxylation is 1. The maximum absolute atomic E-state index is 12.7. The molecule has 1 amide bonds. The number of para-hydroxylation sites is 1. The van der Waals surface area contributed by atoms with Gasteiger partial charge in [0.05, 0.1) is 16.6 Å². The van der Waals surface area contributed by atoms with Crippen LogP contribution in [0.1, 0.15) is 56.0 Å². The van der Waals surface area contributed by atoms with Crippen LogP contribution in [-0.2, 0) is 24.2 Å². The molecule has 0 saturated heterocycles. The molecule has 1 atom stereocenters. The number of nitrogens with one attached hydrogen (secondary N) is 2. The molecule has 0 aliphatic heterocycles. The van der Waals surface area contributed by atoms with Crippen LogP contribution in [0.5, 0.6) is 0 Å². The molecule has 4 rings (SSSR count). The second-order valence-corrected chi connectivity index (χ2v) is 9.67. The molecule has 1 unspecified atom stereocenters. The number of hydrogen-bond acceptors (Lipinski definition) is 5. The average molecular weight is 457 g/mol. The van der Waals surface area contributed by atoms with Crippen LogP contribution in [0.4, 0.5) is 5.13 Å². The lowest BCUT2D eigenvalue weighted by atomic mass is 9.89. The van der Waals surface area contributed by atoms with Gasteiger partial charge in [0.15, 0.2) is 9.90 Å². The number of thiazole rings is 1. The van der Waals surface area contributed by atoms with Crippen molar-refractivity contribution in [2.24, 2.45) is 5.92 Å². The molecule has 2 heterocycles. The van der Waals surface area contributed by atoms with Crippen molar-refractivity contribution < 1.29 is 4.79 Å². The van der Waals surface area contributed by atoms with Crippen molar-refractivity contribution in [3.8, 4) is 0 Å². The predicted octanol–water partition coefficient (Wildman–Crippen LogP) is 5.23. The molecular formula is C23H28N4O2S2. The van der Waals surface area contributed by atoms with Crippen LogP contribution in [0.25, 0.3) is 10.9 Å². The minimum atomic E-state index is -0.0601. The molecule has 164 valence electrons. The number of nitrogens with zero attached hydrogens (tertiary/aromatic N) is 2. The van der Waals surface area contributed by atoms with Crippen LogP contribution in [0.2, 0.25) is 0 Å². The highest BCUT2D eigenvalue weighted by Gasteiger charge is 2.21. The number of carbonyl (C=O) groups excluding carboxylic acids is 1. The number of rotatable bonds is 8. The molecule has 2 aromatic heterocycles. The Hall–Kier alpha value is -2.32. The van der Waals surface area contributed by atoms with Gasteiger partial charge in [0.2, 0.25) is 5.91 Å². The Morgan fingerprint density at radius 3 is 3.00 bits per heavy atom. The molecule has 31 heavy (non-hydrogen) atoms. The lowest BCUT2D eigenvalue weighted by Crippen LogP contribution is -2.22. The molecule has 8 heteroatoms. The van der Waals surface area contributed by atoms with Crippen LogP contribution in [0.15, 0.2) is 29.1 Å². The van der Waals surface area contributed by atoms with E-state index in [9.17, 15) is 9.59 Å². The Balaban J connectivity index is 1.24. The SMILES string of the molecule is CCC1CCc2nc(NC(=O)CCCCCn3c(=S)[nH]c4ccccc4c3=O)sc2C1. The number of anilines is 1. The number of carbonyl (C=O) groups is 1. The third-order valence-corrected chi connectivity index (χ3v) is 7.40. The minimum absolute atomic E-state index is 0.0123. The number of hydrogen-bond donors (Lipinski definition) is 2. The number of benzene rings is 1. The first-order valence-corrected chi connectivity index (χ1v) is 12.3. The van der Waals surface area contributed by atoms with E-state index in [1.54, 1.807) is 15.9 Å². The smallest absolute Gasteiger partial charge is 0.262 e. The van der Waals surface area contributed by atoms with Crippen molar-refractivity contribution in [2.75, 3.05) is 5.32 Å². The molecular weight excluding hydrogens is 428 g/mol. The lowest BCUT2D eigenvalue weighted by Gasteiger charge is -2.18. The molecule has 0 fully saturated rings. The van der Waals surface area contributed by atoms with Gasteiger partial charge >= 0.3 is 0 Å². The number of amides is 1. The average Bonchev–Trinajstić information content (AvgIpc) is 3.16. The molecule has 0 bridgehead atoms. The van der Waals surface area contributed by atoms with E-state index in [1.807, 2.05) is 24.3 Å². The van der Waals surface area contributed by atoms with Crippen LogP contribution in [0, 0.1) is 10.7 Å². The molecule has 6 nitrogen and oxygen atoms in total. The molecule has 1 aliphatic rings. The molecule has 2 N–H and O–H groups in total. The first-order chi connectivity index (χ1) is 15.0. The first kappa shape index (κ1) is 21.9. The normalized spacial score (nSPS) is 15.7. The lowest BCUT2D eigenvalue weighted by molar-refractivity contribution is -0.116. The molecule has 0 spiro atoms. The number of aromatic amines is 1. The van der Waals surface area contributed by atoms with Gasteiger partial charge in [-0.2, -0.15) is 0 Å². The largest absolute Gasteiger partial charge is 0.332 e. The summed E-state index contributed by atoms with van der Waals surface area (Å²) in [4.78, 5) is 34.0. The molecule has 3 aromatic rings. The van der Waals surface area contributed by atoms with Crippen LogP contribution in [-0.4, -0.2) is 20.4 Å². The van der Waals surface area contributed by atoms with E-state index in [2.05, 4.69) is 22.2 Å². The van der Waals surface area contributed by atoms with E-state index in [1.165, 1.54) is 23.4 Å². The molecule has 1 aromatic carbocycles. The fraction of sp³-hybridized carbons (Fsp3) is 0.478. The Kier molecular flexibility index (Phi) is 6.97. The van der Waals surface area contributed by atoms with Gasteiger partial charge in [-0.1, -0.05) is 31.9 Å². The molecule has 1 aliphatic carbocycles. The predicted molar refractivity (Wildman–Crippen MR) is 128 cm³/mol. The summed E-state index contributed by atoms with van der Waals surface area (Å²) in [6, 6.07) is 7.40. The van der Waals surface area contributed by atoms with E-state index >= 15 is 0 Å². The van der Waals surface area contributed by atoms with E-state index < -0.39 is 0 Å². The van der Waals surface area contributed by atoms with Crippen molar-refractivity contribution in [3.63, 3.8) is 0 Å².